The van der Waals surface area contributed by atoms with E-state index in [0.29, 0.717) is 6.04 Å². The fourth-order valence-corrected chi connectivity index (χ4v) is 1.28. The van der Waals surface area contributed by atoms with Crippen LogP contribution in [0.15, 0.2) is 0 Å². The number of nitrogens with one attached hydrogen (secondary N) is 1. The van der Waals surface area contributed by atoms with Crippen molar-refractivity contribution in [2.45, 2.75) is 39.2 Å². The molecular formula is C10H24N2. The third-order valence-electron chi connectivity index (χ3n) is 2.00. The van der Waals surface area contributed by atoms with Gasteiger partial charge in [0.15, 0.2) is 0 Å². The molecule has 0 aliphatic heterocycles. The van der Waals surface area contributed by atoms with Gasteiger partial charge in [-0.05, 0) is 47.0 Å². The highest BCUT2D eigenvalue weighted by molar-refractivity contribution is 4.59. The standard InChI is InChI=1S/C10H24N2/c1-5-7-10(2)11-8-6-9-12(3)4/h10-11H,5-9H2,1-4H3. The third-order valence-corrected chi connectivity index (χ3v) is 2.00. The van der Waals surface area contributed by atoms with E-state index in [-0.39, 0.29) is 0 Å². The molecule has 0 bridgehead atoms. The van der Waals surface area contributed by atoms with Gasteiger partial charge in [-0.3, -0.25) is 0 Å². The molecule has 0 saturated carbocycles. The van der Waals surface area contributed by atoms with Crippen LogP contribution in [0, 0.1) is 0 Å². The van der Waals surface area contributed by atoms with Crippen molar-refractivity contribution in [3.05, 3.63) is 0 Å². The predicted octanol–water partition coefficient (Wildman–Crippen LogP) is 1.72. The van der Waals surface area contributed by atoms with Crippen LogP contribution in [0.1, 0.15) is 33.1 Å². The van der Waals surface area contributed by atoms with Crippen LogP contribution in [0.3, 0.4) is 0 Å². The lowest BCUT2D eigenvalue weighted by molar-refractivity contribution is 0.385. The molecule has 0 aromatic rings. The highest BCUT2D eigenvalue weighted by Crippen LogP contribution is 1.94. The molecule has 0 aromatic heterocycles. The summed E-state index contributed by atoms with van der Waals surface area (Å²) in [6, 6.07) is 0.692. The lowest BCUT2D eigenvalue weighted by Crippen LogP contribution is -2.28. The lowest BCUT2D eigenvalue weighted by Gasteiger charge is -2.14. The third kappa shape index (κ3) is 8.02. The van der Waals surface area contributed by atoms with E-state index in [9.17, 15) is 0 Å². The van der Waals surface area contributed by atoms with Crippen LogP contribution in [0.2, 0.25) is 0 Å². The molecule has 0 aliphatic carbocycles. The van der Waals surface area contributed by atoms with Gasteiger partial charge in [0.1, 0.15) is 0 Å². The first-order chi connectivity index (χ1) is 5.66. The summed E-state index contributed by atoms with van der Waals surface area (Å²) in [5, 5.41) is 3.51. The summed E-state index contributed by atoms with van der Waals surface area (Å²) in [7, 11) is 4.24. The number of hydrogen-bond acceptors (Lipinski definition) is 2. The van der Waals surface area contributed by atoms with E-state index in [4.69, 9.17) is 0 Å². The van der Waals surface area contributed by atoms with E-state index in [1.807, 2.05) is 0 Å². The second kappa shape index (κ2) is 7.56. The van der Waals surface area contributed by atoms with Crippen LogP contribution >= 0.6 is 0 Å². The average Bonchev–Trinajstić information content (AvgIpc) is 1.98. The summed E-state index contributed by atoms with van der Waals surface area (Å²) in [5.41, 5.74) is 0. The van der Waals surface area contributed by atoms with Gasteiger partial charge in [-0.15, -0.1) is 0 Å². The molecule has 0 rings (SSSR count). The average molecular weight is 172 g/mol. The first kappa shape index (κ1) is 11.9. The molecule has 1 N–H and O–H groups in total. The summed E-state index contributed by atoms with van der Waals surface area (Å²) in [6.07, 6.45) is 3.82. The molecule has 12 heavy (non-hydrogen) atoms. The zero-order valence-corrected chi connectivity index (χ0v) is 9.06. The Bertz CT molecular complexity index is 91.8. The molecule has 0 amide bonds. The SMILES string of the molecule is CCCC(C)NCCCN(C)C. The maximum atomic E-state index is 3.51. The van der Waals surface area contributed by atoms with Crippen molar-refractivity contribution in [1.82, 2.24) is 10.2 Å². The molecule has 2 heteroatoms. The fourth-order valence-electron chi connectivity index (χ4n) is 1.28. The largest absolute Gasteiger partial charge is 0.314 e. The number of nitrogens with zero attached hydrogens (tertiary/aromatic N) is 1. The van der Waals surface area contributed by atoms with Crippen LogP contribution in [0.5, 0.6) is 0 Å². The smallest absolute Gasteiger partial charge is 0.00386 e. The Balaban J connectivity index is 3.08. The molecule has 0 radical (unpaired) electrons. The van der Waals surface area contributed by atoms with Gasteiger partial charge in [0, 0.05) is 6.04 Å². The van der Waals surface area contributed by atoms with E-state index < -0.39 is 0 Å². The molecule has 0 heterocycles. The van der Waals surface area contributed by atoms with Gasteiger partial charge in [-0.2, -0.15) is 0 Å². The van der Waals surface area contributed by atoms with E-state index in [1.54, 1.807) is 0 Å². The Hall–Kier alpha value is -0.0800. The Labute approximate surface area is 77.3 Å². The van der Waals surface area contributed by atoms with Crippen molar-refractivity contribution in [3.8, 4) is 0 Å². The molecule has 0 spiro atoms. The summed E-state index contributed by atoms with van der Waals surface area (Å²) in [6.45, 7) is 6.84. The van der Waals surface area contributed by atoms with Crippen LogP contribution in [-0.4, -0.2) is 38.1 Å². The second-order valence-electron chi connectivity index (χ2n) is 3.80. The first-order valence-corrected chi connectivity index (χ1v) is 5.05. The van der Waals surface area contributed by atoms with Crippen molar-refractivity contribution >= 4 is 0 Å². The van der Waals surface area contributed by atoms with Crippen molar-refractivity contribution < 1.29 is 0 Å². The molecule has 0 saturated heterocycles. The zero-order valence-electron chi connectivity index (χ0n) is 9.06. The van der Waals surface area contributed by atoms with Crippen molar-refractivity contribution in [2.24, 2.45) is 0 Å². The van der Waals surface area contributed by atoms with Crippen molar-refractivity contribution in [1.29, 1.82) is 0 Å². The molecule has 0 fully saturated rings. The van der Waals surface area contributed by atoms with Gasteiger partial charge < -0.3 is 10.2 Å². The molecule has 0 aliphatic rings. The van der Waals surface area contributed by atoms with E-state index in [1.165, 1.54) is 25.8 Å². The predicted molar refractivity (Wildman–Crippen MR) is 55.5 cm³/mol. The summed E-state index contributed by atoms with van der Waals surface area (Å²) < 4.78 is 0. The van der Waals surface area contributed by atoms with Crippen LogP contribution < -0.4 is 5.32 Å². The fraction of sp³-hybridized carbons (Fsp3) is 1.00. The highest BCUT2D eigenvalue weighted by atomic mass is 15.1. The monoisotopic (exact) mass is 172 g/mol. The molecule has 74 valence electrons. The van der Waals surface area contributed by atoms with Crippen molar-refractivity contribution in [3.63, 3.8) is 0 Å². The summed E-state index contributed by atoms with van der Waals surface area (Å²) in [4.78, 5) is 2.23. The summed E-state index contributed by atoms with van der Waals surface area (Å²) in [5.74, 6) is 0. The maximum absolute atomic E-state index is 3.51. The quantitative estimate of drug-likeness (QED) is 0.588. The minimum atomic E-state index is 0.692. The van der Waals surface area contributed by atoms with Gasteiger partial charge in [-0.1, -0.05) is 13.3 Å². The maximum Gasteiger partial charge on any atom is 0.00386 e. The van der Waals surface area contributed by atoms with Crippen molar-refractivity contribution in [2.75, 3.05) is 27.2 Å². The first-order valence-electron chi connectivity index (χ1n) is 5.05. The molecular weight excluding hydrogens is 148 g/mol. The second-order valence-corrected chi connectivity index (χ2v) is 3.80. The van der Waals surface area contributed by atoms with Gasteiger partial charge in [0.2, 0.25) is 0 Å². The van der Waals surface area contributed by atoms with Gasteiger partial charge in [0.25, 0.3) is 0 Å². The molecule has 2 nitrogen and oxygen atoms in total. The topological polar surface area (TPSA) is 15.3 Å². The minimum absolute atomic E-state index is 0.692. The Morgan fingerprint density at radius 1 is 1.33 bits per heavy atom. The van der Waals surface area contributed by atoms with Crippen LogP contribution in [0.4, 0.5) is 0 Å². The molecule has 1 atom stereocenters. The Kier molecular flexibility index (Phi) is 7.51. The van der Waals surface area contributed by atoms with E-state index >= 15 is 0 Å². The zero-order chi connectivity index (χ0) is 9.40. The Morgan fingerprint density at radius 2 is 2.00 bits per heavy atom. The normalized spacial score (nSPS) is 13.8. The van der Waals surface area contributed by atoms with E-state index in [2.05, 4.69) is 38.2 Å². The lowest BCUT2D eigenvalue weighted by atomic mass is 10.2. The summed E-state index contributed by atoms with van der Waals surface area (Å²) >= 11 is 0. The number of rotatable bonds is 7. The number of hydrogen-bond donors (Lipinski definition) is 1. The van der Waals surface area contributed by atoms with Gasteiger partial charge >= 0.3 is 0 Å². The highest BCUT2D eigenvalue weighted by Gasteiger charge is 1.97. The Morgan fingerprint density at radius 3 is 2.50 bits per heavy atom. The van der Waals surface area contributed by atoms with Crippen LogP contribution in [0.25, 0.3) is 0 Å². The molecule has 1 unspecified atom stereocenters. The van der Waals surface area contributed by atoms with E-state index in [0.717, 1.165) is 6.54 Å². The molecule has 0 aromatic carbocycles. The van der Waals surface area contributed by atoms with Crippen LogP contribution in [-0.2, 0) is 0 Å². The van der Waals surface area contributed by atoms with Gasteiger partial charge in [-0.25, -0.2) is 0 Å². The van der Waals surface area contributed by atoms with Gasteiger partial charge in [0.05, 0.1) is 0 Å². The minimum Gasteiger partial charge on any atom is -0.314 e.